The van der Waals surface area contributed by atoms with Crippen molar-refractivity contribution in [2.45, 2.75) is 19.5 Å². The highest BCUT2D eigenvalue weighted by Crippen LogP contribution is 2.30. The number of rotatable bonds is 8. The summed E-state index contributed by atoms with van der Waals surface area (Å²) < 4.78 is 25.8. The van der Waals surface area contributed by atoms with Crippen LogP contribution < -0.4 is 9.62 Å². The van der Waals surface area contributed by atoms with E-state index in [-0.39, 0.29) is 17.3 Å². The Balaban J connectivity index is 2.43. The van der Waals surface area contributed by atoms with Gasteiger partial charge in [-0.15, -0.1) is 0 Å². The normalized spacial score (nSPS) is 12.2. The molecule has 0 unspecified atom stereocenters. The predicted molar refractivity (Wildman–Crippen MR) is 124 cm³/mol. The number of nitrogens with zero attached hydrogens (tertiary/aromatic N) is 2. The first-order chi connectivity index (χ1) is 14.5. The number of sulfonamides is 1. The van der Waals surface area contributed by atoms with E-state index in [0.29, 0.717) is 15.6 Å². The highest BCUT2D eigenvalue weighted by Gasteiger charge is 2.30. The topological polar surface area (TPSA) is 86.8 Å². The SMILES string of the molecule is CNC(=O)[C@H](C)N(Cc1ccccc1Cl)C(=O)CN(c1ccc(Cl)cc1Cl)S(C)(=O)=O. The second-order valence-corrected chi connectivity index (χ2v) is 9.93. The summed E-state index contributed by atoms with van der Waals surface area (Å²) in [4.78, 5) is 26.8. The van der Waals surface area contributed by atoms with Gasteiger partial charge in [-0.25, -0.2) is 8.42 Å². The minimum Gasteiger partial charge on any atom is -0.357 e. The van der Waals surface area contributed by atoms with Gasteiger partial charge in [-0.05, 0) is 36.8 Å². The molecule has 0 aromatic heterocycles. The van der Waals surface area contributed by atoms with E-state index in [0.717, 1.165) is 10.6 Å². The lowest BCUT2D eigenvalue weighted by atomic mass is 10.1. The zero-order valence-corrected chi connectivity index (χ0v) is 20.2. The Morgan fingerprint density at radius 3 is 2.26 bits per heavy atom. The number of benzene rings is 2. The van der Waals surface area contributed by atoms with Crippen LogP contribution in [0.25, 0.3) is 0 Å². The third kappa shape index (κ3) is 6.49. The van der Waals surface area contributed by atoms with Crippen molar-refractivity contribution < 1.29 is 18.0 Å². The fourth-order valence-corrected chi connectivity index (χ4v) is 4.50. The Kier molecular flexibility index (Phi) is 8.59. The van der Waals surface area contributed by atoms with E-state index in [1.165, 1.54) is 30.1 Å². The van der Waals surface area contributed by atoms with Gasteiger partial charge in [-0.1, -0.05) is 53.0 Å². The number of nitrogens with one attached hydrogen (secondary N) is 1. The molecule has 0 aliphatic rings. The molecule has 2 aromatic rings. The Bertz CT molecular complexity index is 1080. The van der Waals surface area contributed by atoms with Crippen LogP contribution in [0.1, 0.15) is 12.5 Å². The number of anilines is 1. The summed E-state index contributed by atoms with van der Waals surface area (Å²) in [6, 6.07) is 10.3. The summed E-state index contributed by atoms with van der Waals surface area (Å²) in [7, 11) is -2.43. The quantitative estimate of drug-likeness (QED) is 0.593. The monoisotopic (exact) mass is 505 g/mol. The summed E-state index contributed by atoms with van der Waals surface area (Å²) in [5, 5.41) is 3.31. The third-order valence-electron chi connectivity index (χ3n) is 4.57. The predicted octanol–water partition coefficient (Wildman–Crippen LogP) is 3.58. The van der Waals surface area contributed by atoms with Crippen LogP contribution >= 0.6 is 34.8 Å². The van der Waals surface area contributed by atoms with Gasteiger partial charge in [-0.2, -0.15) is 0 Å². The lowest BCUT2D eigenvalue weighted by molar-refractivity contribution is -0.139. The van der Waals surface area contributed by atoms with Crippen molar-refractivity contribution >= 4 is 62.3 Å². The van der Waals surface area contributed by atoms with E-state index in [9.17, 15) is 18.0 Å². The molecule has 0 fully saturated rings. The Labute approximate surface area is 196 Å². The number of hydrogen-bond donors (Lipinski definition) is 1. The highest BCUT2D eigenvalue weighted by molar-refractivity contribution is 7.92. The van der Waals surface area contributed by atoms with Crippen molar-refractivity contribution in [1.29, 1.82) is 0 Å². The molecule has 168 valence electrons. The van der Waals surface area contributed by atoms with Crippen LogP contribution in [-0.4, -0.2) is 51.0 Å². The van der Waals surface area contributed by atoms with Gasteiger partial charge in [0.25, 0.3) is 0 Å². The number of likely N-dealkylation sites (N-methyl/N-ethyl adjacent to an activating group) is 1. The average Bonchev–Trinajstić information content (AvgIpc) is 2.70. The van der Waals surface area contributed by atoms with Crippen LogP contribution in [0.2, 0.25) is 15.1 Å². The van der Waals surface area contributed by atoms with Crippen LogP contribution in [0.4, 0.5) is 5.69 Å². The van der Waals surface area contributed by atoms with E-state index in [1.807, 2.05) is 0 Å². The van der Waals surface area contributed by atoms with Gasteiger partial charge >= 0.3 is 0 Å². The second kappa shape index (κ2) is 10.5. The Morgan fingerprint density at radius 2 is 1.71 bits per heavy atom. The molecule has 0 aliphatic carbocycles. The molecule has 1 N–H and O–H groups in total. The summed E-state index contributed by atoms with van der Waals surface area (Å²) in [6.07, 6.45) is 0.964. The Hall–Kier alpha value is -2.00. The van der Waals surface area contributed by atoms with Gasteiger partial charge in [0.15, 0.2) is 0 Å². The molecule has 0 saturated carbocycles. The standard InChI is InChI=1S/C20H22Cl3N3O4S/c1-13(20(28)24-2)25(11-14-6-4-5-7-16(14)22)19(27)12-26(31(3,29)30)18-9-8-15(21)10-17(18)23/h4-10,13H,11-12H2,1-3H3,(H,24,28)/t13-/m0/s1. The molecule has 0 bridgehead atoms. The maximum atomic E-state index is 13.3. The summed E-state index contributed by atoms with van der Waals surface area (Å²) in [5.74, 6) is -1.01. The van der Waals surface area contributed by atoms with Crippen LogP contribution in [0.15, 0.2) is 42.5 Å². The van der Waals surface area contributed by atoms with Crippen molar-refractivity contribution in [2.24, 2.45) is 0 Å². The largest absolute Gasteiger partial charge is 0.357 e. The molecule has 31 heavy (non-hydrogen) atoms. The lowest BCUT2D eigenvalue weighted by Crippen LogP contribution is -2.50. The summed E-state index contributed by atoms with van der Waals surface area (Å²) in [5.41, 5.74) is 0.718. The van der Waals surface area contributed by atoms with Gasteiger partial charge in [0.1, 0.15) is 12.6 Å². The molecule has 0 aliphatic heterocycles. The van der Waals surface area contributed by atoms with E-state index in [2.05, 4.69) is 5.32 Å². The molecule has 0 saturated heterocycles. The van der Waals surface area contributed by atoms with Crippen molar-refractivity contribution in [3.8, 4) is 0 Å². The molecule has 2 amide bonds. The van der Waals surface area contributed by atoms with Crippen LogP contribution in [0.3, 0.4) is 0 Å². The molecule has 11 heteroatoms. The number of hydrogen-bond acceptors (Lipinski definition) is 4. The number of halogens is 3. The van der Waals surface area contributed by atoms with Gasteiger partial charge in [-0.3, -0.25) is 13.9 Å². The van der Waals surface area contributed by atoms with E-state index in [1.54, 1.807) is 31.2 Å². The Morgan fingerprint density at radius 1 is 1.06 bits per heavy atom. The first kappa shape index (κ1) is 25.3. The van der Waals surface area contributed by atoms with Crippen molar-refractivity contribution in [3.63, 3.8) is 0 Å². The van der Waals surface area contributed by atoms with Crippen LogP contribution in [0.5, 0.6) is 0 Å². The summed E-state index contributed by atoms with van der Waals surface area (Å²) >= 11 is 18.3. The summed E-state index contributed by atoms with van der Waals surface area (Å²) in [6.45, 7) is 0.999. The smallest absolute Gasteiger partial charge is 0.244 e. The van der Waals surface area contributed by atoms with Crippen molar-refractivity contribution in [2.75, 3.05) is 24.2 Å². The van der Waals surface area contributed by atoms with E-state index >= 15 is 0 Å². The van der Waals surface area contributed by atoms with Gasteiger partial charge in [0.2, 0.25) is 21.8 Å². The molecule has 7 nitrogen and oxygen atoms in total. The molecule has 1 atom stereocenters. The zero-order chi connectivity index (χ0) is 23.3. The maximum Gasteiger partial charge on any atom is 0.244 e. The van der Waals surface area contributed by atoms with Crippen molar-refractivity contribution in [3.05, 3.63) is 63.1 Å². The lowest BCUT2D eigenvalue weighted by Gasteiger charge is -2.31. The number of amides is 2. The average molecular weight is 507 g/mol. The third-order valence-corrected chi connectivity index (χ3v) is 6.60. The van der Waals surface area contributed by atoms with Gasteiger partial charge < -0.3 is 10.2 Å². The van der Waals surface area contributed by atoms with Crippen LogP contribution in [0, 0.1) is 0 Å². The molecular weight excluding hydrogens is 485 g/mol. The van der Waals surface area contributed by atoms with Crippen molar-refractivity contribution in [1.82, 2.24) is 10.2 Å². The molecular formula is C20H22Cl3N3O4S. The van der Waals surface area contributed by atoms with Gasteiger partial charge in [0, 0.05) is 23.6 Å². The molecule has 2 aromatic carbocycles. The molecule has 0 spiro atoms. The number of carbonyl (C=O) groups excluding carboxylic acids is 2. The fraction of sp³-hybridized carbons (Fsp3) is 0.300. The molecule has 0 heterocycles. The fourth-order valence-electron chi connectivity index (χ4n) is 2.88. The van der Waals surface area contributed by atoms with E-state index in [4.69, 9.17) is 34.8 Å². The maximum absolute atomic E-state index is 13.3. The first-order valence-electron chi connectivity index (χ1n) is 9.13. The van der Waals surface area contributed by atoms with Crippen LogP contribution in [-0.2, 0) is 26.2 Å². The zero-order valence-electron chi connectivity index (χ0n) is 17.1. The molecule has 2 rings (SSSR count). The molecule has 0 radical (unpaired) electrons. The van der Waals surface area contributed by atoms with Gasteiger partial charge in [0.05, 0.1) is 17.0 Å². The highest BCUT2D eigenvalue weighted by atomic mass is 35.5. The number of carbonyl (C=O) groups is 2. The minimum absolute atomic E-state index is 0.0129. The minimum atomic E-state index is -3.88. The van der Waals surface area contributed by atoms with E-state index < -0.39 is 34.4 Å². The second-order valence-electron chi connectivity index (χ2n) is 6.77. The first-order valence-corrected chi connectivity index (χ1v) is 12.1.